The fourth-order valence-corrected chi connectivity index (χ4v) is 1.80. The van der Waals surface area contributed by atoms with Gasteiger partial charge in [-0.1, -0.05) is 18.2 Å². The molecule has 1 aromatic rings. The number of halogens is 3. The zero-order chi connectivity index (χ0) is 12.3. The molecule has 0 aliphatic carbocycles. The van der Waals surface area contributed by atoms with Crippen LogP contribution in [0.1, 0.15) is 23.1 Å². The third kappa shape index (κ3) is 3.85. The van der Waals surface area contributed by atoms with Gasteiger partial charge in [0.05, 0.1) is 6.42 Å². The summed E-state index contributed by atoms with van der Waals surface area (Å²) in [6, 6.07) is 4.81. The van der Waals surface area contributed by atoms with Gasteiger partial charge in [0, 0.05) is 6.04 Å². The monoisotopic (exact) mass is 231 g/mol. The standard InChI is InChI=1S/C12H16F3N/c1-8-4-3-5-9(2)11(8)6-10(16)7-12(13,14)15/h3-5,10H,6-7,16H2,1-2H3. The van der Waals surface area contributed by atoms with Crippen LogP contribution in [-0.2, 0) is 6.42 Å². The van der Waals surface area contributed by atoms with Crippen molar-refractivity contribution >= 4 is 0 Å². The van der Waals surface area contributed by atoms with Crippen LogP contribution < -0.4 is 5.73 Å². The first-order valence-corrected chi connectivity index (χ1v) is 5.17. The molecule has 0 saturated heterocycles. The zero-order valence-corrected chi connectivity index (χ0v) is 9.43. The summed E-state index contributed by atoms with van der Waals surface area (Å²) >= 11 is 0. The summed E-state index contributed by atoms with van der Waals surface area (Å²) in [7, 11) is 0. The van der Waals surface area contributed by atoms with Crippen molar-refractivity contribution in [2.24, 2.45) is 5.73 Å². The number of nitrogens with two attached hydrogens (primary N) is 1. The fraction of sp³-hybridized carbons (Fsp3) is 0.500. The average Bonchev–Trinajstić information content (AvgIpc) is 2.08. The molecule has 4 heteroatoms. The molecule has 0 aliphatic heterocycles. The van der Waals surface area contributed by atoms with Crippen LogP contribution in [0, 0.1) is 13.8 Å². The van der Waals surface area contributed by atoms with E-state index in [1.165, 1.54) is 0 Å². The quantitative estimate of drug-likeness (QED) is 0.849. The summed E-state index contributed by atoms with van der Waals surface area (Å²) < 4.78 is 36.4. The third-order valence-electron chi connectivity index (χ3n) is 2.60. The van der Waals surface area contributed by atoms with Gasteiger partial charge >= 0.3 is 6.18 Å². The van der Waals surface area contributed by atoms with Gasteiger partial charge in [-0.3, -0.25) is 0 Å². The van der Waals surface area contributed by atoms with Crippen LogP contribution in [-0.4, -0.2) is 12.2 Å². The van der Waals surface area contributed by atoms with Gasteiger partial charge in [-0.15, -0.1) is 0 Å². The van der Waals surface area contributed by atoms with E-state index in [4.69, 9.17) is 5.73 Å². The van der Waals surface area contributed by atoms with E-state index in [0.29, 0.717) is 0 Å². The molecule has 0 aliphatic rings. The van der Waals surface area contributed by atoms with Crippen molar-refractivity contribution in [3.8, 4) is 0 Å². The maximum absolute atomic E-state index is 12.1. The summed E-state index contributed by atoms with van der Waals surface area (Å²) in [5, 5.41) is 0. The maximum atomic E-state index is 12.1. The van der Waals surface area contributed by atoms with Crippen molar-refractivity contribution in [2.45, 2.75) is 38.9 Å². The van der Waals surface area contributed by atoms with E-state index in [0.717, 1.165) is 16.7 Å². The van der Waals surface area contributed by atoms with Crippen LogP contribution in [0.2, 0.25) is 0 Å². The molecule has 1 aromatic carbocycles. The van der Waals surface area contributed by atoms with Crippen molar-refractivity contribution < 1.29 is 13.2 Å². The van der Waals surface area contributed by atoms with Gasteiger partial charge in [0.1, 0.15) is 0 Å². The molecule has 16 heavy (non-hydrogen) atoms. The van der Waals surface area contributed by atoms with Crippen LogP contribution in [0.3, 0.4) is 0 Å². The summed E-state index contributed by atoms with van der Waals surface area (Å²) in [4.78, 5) is 0. The van der Waals surface area contributed by atoms with Crippen LogP contribution in [0.5, 0.6) is 0 Å². The molecule has 0 saturated carbocycles. The van der Waals surface area contributed by atoms with Crippen molar-refractivity contribution in [2.75, 3.05) is 0 Å². The molecule has 90 valence electrons. The number of benzene rings is 1. The van der Waals surface area contributed by atoms with E-state index in [1.807, 2.05) is 32.0 Å². The highest BCUT2D eigenvalue weighted by molar-refractivity contribution is 5.34. The van der Waals surface area contributed by atoms with Gasteiger partial charge < -0.3 is 5.73 Å². The normalized spacial score (nSPS) is 13.9. The Morgan fingerprint density at radius 1 is 1.19 bits per heavy atom. The number of hydrogen-bond donors (Lipinski definition) is 1. The van der Waals surface area contributed by atoms with Crippen LogP contribution in [0.15, 0.2) is 18.2 Å². The number of aryl methyl sites for hydroxylation is 2. The summed E-state index contributed by atoms with van der Waals surface area (Å²) in [5.41, 5.74) is 8.44. The van der Waals surface area contributed by atoms with Gasteiger partial charge in [-0.05, 0) is 37.0 Å². The minimum Gasteiger partial charge on any atom is -0.327 e. The molecule has 1 rings (SSSR count). The van der Waals surface area contributed by atoms with Gasteiger partial charge in [0.15, 0.2) is 0 Å². The highest BCUT2D eigenvalue weighted by Crippen LogP contribution is 2.23. The third-order valence-corrected chi connectivity index (χ3v) is 2.60. The topological polar surface area (TPSA) is 26.0 Å². The van der Waals surface area contributed by atoms with E-state index in [1.54, 1.807) is 0 Å². The Hall–Kier alpha value is -1.03. The zero-order valence-electron chi connectivity index (χ0n) is 9.43. The lowest BCUT2D eigenvalue weighted by atomic mass is 9.95. The van der Waals surface area contributed by atoms with Crippen molar-refractivity contribution in [1.82, 2.24) is 0 Å². The molecule has 0 heterocycles. The van der Waals surface area contributed by atoms with Gasteiger partial charge in [-0.25, -0.2) is 0 Å². The van der Waals surface area contributed by atoms with E-state index >= 15 is 0 Å². The SMILES string of the molecule is Cc1cccc(C)c1CC(N)CC(F)(F)F. The van der Waals surface area contributed by atoms with E-state index in [2.05, 4.69) is 0 Å². The molecule has 1 nitrogen and oxygen atoms in total. The second-order valence-corrected chi connectivity index (χ2v) is 4.15. The molecule has 2 N–H and O–H groups in total. The van der Waals surface area contributed by atoms with Gasteiger partial charge in [0.2, 0.25) is 0 Å². The predicted octanol–water partition coefficient (Wildman–Crippen LogP) is 3.13. The highest BCUT2D eigenvalue weighted by atomic mass is 19.4. The summed E-state index contributed by atoms with van der Waals surface area (Å²) in [5.74, 6) is 0. The molecular weight excluding hydrogens is 215 g/mol. The Morgan fingerprint density at radius 2 is 1.69 bits per heavy atom. The predicted molar refractivity (Wildman–Crippen MR) is 58.3 cm³/mol. The Morgan fingerprint density at radius 3 is 2.12 bits per heavy atom. The minimum atomic E-state index is -4.18. The Balaban J connectivity index is 2.73. The lowest BCUT2D eigenvalue weighted by Gasteiger charge is -2.17. The van der Waals surface area contributed by atoms with Crippen molar-refractivity contribution in [3.63, 3.8) is 0 Å². The lowest BCUT2D eigenvalue weighted by Crippen LogP contribution is -2.30. The molecule has 1 unspecified atom stereocenters. The molecule has 0 spiro atoms. The van der Waals surface area contributed by atoms with Crippen molar-refractivity contribution in [1.29, 1.82) is 0 Å². The molecular formula is C12H16F3N. The Bertz CT molecular complexity index is 338. The van der Waals surface area contributed by atoms with Crippen LogP contribution in [0.25, 0.3) is 0 Å². The van der Waals surface area contributed by atoms with E-state index < -0.39 is 18.6 Å². The lowest BCUT2D eigenvalue weighted by molar-refractivity contribution is -0.138. The molecule has 0 fully saturated rings. The van der Waals surface area contributed by atoms with Crippen LogP contribution >= 0.6 is 0 Å². The van der Waals surface area contributed by atoms with E-state index in [9.17, 15) is 13.2 Å². The smallest absolute Gasteiger partial charge is 0.327 e. The Labute approximate surface area is 93.5 Å². The van der Waals surface area contributed by atoms with Gasteiger partial charge in [0.25, 0.3) is 0 Å². The van der Waals surface area contributed by atoms with E-state index in [-0.39, 0.29) is 6.42 Å². The second kappa shape index (κ2) is 4.87. The molecule has 0 aromatic heterocycles. The van der Waals surface area contributed by atoms with Crippen molar-refractivity contribution in [3.05, 3.63) is 34.9 Å². The second-order valence-electron chi connectivity index (χ2n) is 4.15. The first-order valence-electron chi connectivity index (χ1n) is 5.17. The van der Waals surface area contributed by atoms with Gasteiger partial charge in [-0.2, -0.15) is 13.2 Å². The number of rotatable bonds is 3. The summed E-state index contributed by atoms with van der Waals surface area (Å²) in [6.45, 7) is 3.78. The Kier molecular flexibility index (Phi) is 3.97. The minimum absolute atomic E-state index is 0.276. The maximum Gasteiger partial charge on any atom is 0.390 e. The van der Waals surface area contributed by atoms with Crippen LogP contribution in [0.4, 0.5) is 13.2 Å². The summed E-state index contributed by atoms with van der Waals surface area (Å²) in [6.07, 6.45) is -4.84. The fourth-order valence-electron chi connectivity index (χ4n) is 1.80. The first-order chi connectivity index (χ1) is 7.29. The molecule has 0 amide bonds. The highest BCUT2D eigenvalue weighted by Gasteiger charge is 2.30. The average molecular weight is 231 g/mol. The molecule has 0 radical (unpaired) electrons. The first kappa shape index (κ1) is 13.0. The molecule has 0 bridgehead atoms. The number of hydrogen-bond acceptors (Lipinski definition) is 1. The number of alkyl halides is 3. The molecule has 1 atom stereocenters. The largest absolute Gasteiger partial charge is 0.390 e.